The minimum absolute atomic E-state index is 0.131. The number of carbonyl (C=O) groups is 1. The van der Waals surface area contributed by atoms with Crippen LogP contribution in [0.4, 0.5) is 0 Å². The van der Waals surface area contributed by atoms with Gasteiger partial charge in [0, 0.05) is 11.8 Å². The summed E-state index contributed by atoms with van der Waals surface area (Å²) in [4.78, 5) is 12.3. The molecule has 0 aromatic carbocycles. The average molecular weight is 218 g/mol. The van der Waals surface area contributed by atoms with Crippen molar-refractivity contribution in [2.75, 3.05) is 0 Å². The van der Waals surface area contributed by atoms with Crippen LogP contribution in [0.3, 0.4) is 0 Å². The third kappa shape index (κ3) is 1.66. The van der Waals surface area contributed by atoms with Gasteiger partial charge in [-0.15, -0.1) is 0 Å². The van der Waals surface area contributed by atoms with Crippen LogP contribution < -0.4 is 0 Å². The number of ketones is 1. The van der Waals surface area contributed by atoms with Crippen molar-refractivity contribution >= 4 is 5.78 Å². The van der Waals surface area contributed by atoms with E-state index in [1.807, 2.05) is 0 Å². The molecule has 0 aromatic heterocycles. The Hall–Kier alpha value is -0.850. The van der Waals surface area contributed by atoms with E-state index in [4.69, 9.17) is 0 Å². The van der Waals surface area contributed by atoms with Gasteiger partial charge in [-0.1, -0.05) is 23.3 Å². The molecule has 0 bridgehead atoms. The second-order valence-corrected chi connectivity index (χ2v) is 5.82. The van der Waals surface area contributed by atoms with Gasteiger partial charge in [0.25, 0.3) is 0 Å². The predicted octanol–water partition coefficient (Wildman–Crippen LogP) is 4.05. The van der Waals surface area contributed by atoms with Crippen LogP contribution in [0.25, 0.3) is 0 Å². The van der Waals surface area contributed by atoms with Crippen LogP contribution in [0.15, 0.2) is 23.3 Å². The van der Waals surface area contributed by atoms with Crippen molar-refractivity contribution in [1.82, 2.24) is 0 Å². The van der Waals surface area contributed by atoms with Gasteiger partial charge in [0.2, 0.25) is 0 Å². The molecule has 1 saturated carbocycles. The summed E-state index contributed by atoms with van der Waals surface area (Å²) >= 11 is 0. The number of carbonyl (C=O) groups excluding carboxylic acids is 1. The van der Waals surface area contributed by atoms with Crippen LogP contribution >= 0.6 is 0 Å². The lowest BCUT2D eigenvalue weighted by Gasteiger charge is -2.43. The lowest BCUT2D eigenvalue weighted by molar-refractivity contribution is -0.129. The highest BCUT2D eigenvalue weighted by Crippen LogP contribution is 2.49. The Bertz CT molecular complexity index is 375. The van der Waals surface area contributed by atoms with E-state index in [9.17, 15) is 4.79 Å². The summed E-state index contributed by atoms with van der Waals surface area (Å²) < 4.78 is 0. The number of allylic oxidation sites excluding steroid dienone is 3. The number of rotatable bonds is 1. The highest BCUT2D eigenvalue weighted by Gasteiger charge is 2.44. The first kappa shape index (κ1) is 11.6. The Morgan fingerprint density at radius 1 is 1.44 bits per heavy atom. The van der Waals surface area contributed by atoms with Gasteiger partial charge in [-0.2, -0.15) is 0 Å². The lowest BCUT2D eigenvalue weighted by atomic mass is 9.60. The molecular weight excluding hydrogens is 196 g/mol. The molecule has 16 heavy (non-hydrogen) atoms. The molecule has 2 aliphatic carbocycles. The maximum absolute atomic E-state index is 12.3. The molecule has 88 valence electrons. The molecule has 0 N–H and O–H groups in total. The number of Topliss-reactive ketones (excluding diaryl/α,β-unsaturated/α-hetero) is 1. The number of hydrogen-bond donors (Lipinski definition) is 0. The first-order valence-electron chi connectivity index (χ1n) is 6.33. The number of hydrogen-bond acceptors (Lipinski definition) is 1. The first-order chi connectivity index (χ1) is 7.45. The molecule has 1 nitrogen and oxygen atoms in total. The normalized spacial score (nSPS) is 34.9. The van der Waals surface area contributed by atoms with Crippen LogP contribution in [0.2, 0.25) is 0 Å². The van der Waals surface area contributed by atoms with Crippen LogP contribution in [-0.2, 0) is 4.79 Å². The molecule has 0 spiro atoms. The average Bonchev–Trinajstić information content (AvgIpc) is 2.20. The van der Waals surface area contributed by atoms with Crippen molar-refractivity contribution in [2.45, 2.75) is 52.9 Å². The zero-order chi connectivity index (χ0) is 11.9. The molecule has 1 fully saturated rings. The van der Waals surface area contributed by atoms with Crippen molar-refractivity contribution < 1.29 is 4.79 Å². The molecule has 0 saturated heterocycles. The molecule has 0 amide bonds. The first-order valence-corrected chi connectivity index (χ1v) is 6.33. The maximum atomic E-state index is 12.3. The molecule has 2 atom stereocenters. The van der Waals surface area contributed by atoms with Crippen molar-refractivity contribution in [1.29, 1.82) is 0 Å². The van der Waals surface area contributed by atoms with Crippen molar-refractivity contribution in [2.24, 2.45) is 11.3 Å². The summed E-state index contributed by atoms with van der Waals surface area (Å²) in [5.41, 5.74) is 3.94. The molecule has 2 unspecified atom stereocenters. The van der Waals surface area contributed by atoms with E-state index in [1.54, 1.807) is 0 Å². The summed E-state index contributed by atoms with van der Waals surface area (Å²) in [5, 5.41) is 0. The molecular formula is C15H22O. The van der Waals surface area contributed by atoms with Gasteiger partial charge in [0.1, 0.15) is 5.78 Å². The van der Waals surface area contributed by atoms with Crippen LogP contribution in [-0.4, -0.2) is 5.78 Å². The minimum Gasteiger partial charge on any atom is -0.299 e. The van der Waals surface area contributed by atoms with Crippen molar-refractivity contribution in [3.63, 3.8) is 0 Å². The lowest BCUT2D eigenvalue weighted by Crippen LogP contribution is -2.39. The van der Waals surface area contributed by atoms with E-state index in [1.165, 1.54) is 29.6 Å². The molecule has 2 rings (SSSR count). The summed E-state index contributed by atoms with van der Waals surface area (Å²) in [6.45, 7) is 10.4. The van der Waals surface area contributed by atoms with E-state index in [-0.39, 0.29) is 5.41 Å². The predicted molar refractivity (Wildman–Crippen MR) is 67.2 cm³/mol. The third-order valence-electron chi connectivity index (χ3n) is 4.60. The summed E-state index contributed by atoms with van der Waals surface area (Å²) in [7, 11) is 0. The Balaban J connectivity index is 2.39. The Morgan fingerprint density at radius 3 is 2.75 bits per heavy atom. The van der Waals surface area contributed by atoms with Crippen LogP contribution in [0.5, 0.6) is 0 Å². The third-order valence-corrected chi connectivity index (χ3v) is 4.60. The largest absolute Gasteiger partial charge is 0.299 e. The zero-order valence-corrected chi connectivity index (χ0v) is 10.7. The Labute approximate surface area is 98.6 Å². The van der Waals surface area contributed by atoms with Gasteiger partial charge < -0.3 is 0 Å². The van der Waals surface area contributed by atoms with Crippen LogP contribution in [0, 0.1) is 11.3 Å². The zero-order valence-electron chi connectivity index (χ0n) is 10.7. The molecule has 2 aliphatic rings. The summed E-state index contributed by atoms with van der Waals surface area (Å²) in [6.07, 6.45) is 5.20. The molecule has 0 heterocycles. The van der Waals surface area contributed by atoms with Gasteiger partial charge in [0.05, 0.1) is 0 Å². The SMILES string of the molecule is C=C(C)C1CC(=O)C2(C)CCCC(C)=C2C1. The van der Waals surface area contributed by atoms with Gasteiger partial charge in [-0.05, 0) is 52.4 Å². The number of fused-ring (bicyclic) bond motifs is 1. The second kappa shape index (κ2) is 3.87. The van der Waals surface area contributed by atoms with E-state index >= 15 is 0 Å². The summed E-state index contributed by atoms with van der Waals surface area (Å²) in [5.74, 6) is 0.837. The van der Waals surface area contributed by atoms with Gasteiger partial charge in [0.15, 0.2) is 0 Å². The van der Waals surface area contributed by atoms with E-state index in [0.29, 0.717) is 18.1 Å². The standard InChI is InChI=1S/C15H22O/c1-10(2)12-8-13-11(3)6-5-7-15(13,4)14(16)9-12/h12H,1,5-9H2,2-4H3. The smallest absolute Gasteiger partial charge is 0.143 e. The fourth-order valence-electron chi connectivity index (χ4n) is 3.30. The molecule has 0 radical (unpaired) electrons. The quantitative estimate of drug-likeness (QED) is 0.607. The van der Waals surface area contributed by atoms with Crippen molar-refractivity contribution in [3.8, 4) is 0 Å². The van der Waals surface area contributed by atoms with E-state index in [0.717, 1.165) is 12.8 Å². The van der Waals surface area contributed by atoms with E-state index in [2.05, 4.69) is 27.4 Å². The monoisotopic (exact) mass is 218 g/mol. The van der Waals surface area contributed by atoms with E-state index < -0.39 is 0 Å². The fourth-order valence-corrected chi connectivity index (χ4v) is 3.30. The fraction of sp³-hybridized carbons (Fsp3) is 0.667. The maximum Gasteiger partial charge on any atom is 0.143 e. The highest BCUT2D eigenvalue weighted by molar-refractivity contribution is 5.89. The van der Waals surface area contributed by atoms with Crippen molar-refractivity contribution in [3.05, 3.63) is 23.3 Å². The molecule has 1 heteroatoms. The molecule has 0 aliphatic heterocycles. The second-order valence-electron chi connectivity index (χ2n) is 5.82. The summed E-state index contributed by atoms with van der Waals surface area (Å²) in [6, 6.07) is 0. The minimum atomic E-state index is -0.131. The topological polar surface area (TPSA) is 17.1 Å². The van der Waals surface area contributed by atoms with Gasteiger partial charge in [-0.25, -0.2) is 0 Å². The molecule has 0 aromatic rings. The van der Waals surface area contributed by atoms with Crippen LogP contribution in [0.1, 0.15) is 52.9 Å². The highest BCUT2D eigenvalue weighted by atomic mass is 16.1. The van der Waals surface area contributed by atoms with Gasteiger partial charge >= 0.3 is 0 Å². The van der Waals surface area contributed by atoms with Gasteiger partial charge in [-0.3, -0.25) is 4.79 Å². The Morgan fingerprint density at radius 2 is 2.12 bits per heavy atom. The Kier molecular flexibility index (Phi) is 2.81.